The third kappa shape index (κ3) is 3.01. The number of amides is 1. The number of carboxylic acids is 1. The Morgan fingerprint density at radius 3 is 2.75 bits per heavy atom. The lowest BCUT2D eigenvalue weighted by Gasteiger charge is -2.02. The standard InChI is InChI=1S/C10H13N3O3/c1-7-8(10(16)11-2)3-5-13(12-7)6-4-9(14)15/h3,5H,4,6H2,1-2H3,(H-,11,14,15,16). The summed E-state index contributed by atoms with van der Waals surface area (Å²) in [4.78, 5) is 21.6. The first-order valence-corrected chi connectivity index (χ1v) is 4.84. The van der Waals surface area contributed by atoms with Gasteiger partial charge in [-0.15, -0.1) is 0 Å². The number of carboxylic acid groups (broad SMARTS) is 1. The van der Waals surface area contributed by atoms with Crippen LogP contribution in [-0.2, 0) is 11.3 Å². The lowest BCUT2D eigenvalue weighted by Crippen LogP contribution is -2.41. The number of carbonyl (C=O) groups is 2. The number of hydrogen-bond acceptors (Lipinski definition) is 4. The summed E-state index contributed by atoms with van der Waals surface area (Å²) in [5.41, 5.74) is 1.03. The third-order valence-corrected chi connectivity index (χ3v) is 2.10. The molecule has 0 saturated heterocycles. The summed E-state index contributed by atoms with van der Waals surface area (Å²) in [6, 6.07) is 1.61. The van der Waals surface area contributed by atoms with Gasteiger partial charge in [-0.05, 0) is 12.0 Å². The molecule has 0 saturated carbocycles. The minimum atomic E-state index is -1.12. The van der Waals surface area contributed by atoms with Crippen LogP contribution in [0.3, 0.4) is 0 Å². The maximum Gasteiger partial charge on any atom is 0.253 e. The Morgan fingerprint density at radius 1 is 1.56 bits per heavy atom. The summed E-state index contributed by atoms with van der Waals surface area (Å²) in [7, 11) is 1.54. The van der Waals surface area contributed by atoms with Crippen molar-refractivity contribution >= 4 is 11.9 Å². The fourth-order valence-electron chi connectivity index (χ4n) is 1.27. The van der Waals surface area contributed by atoms with Gasteiger partial charge in [0.15, 0.2) is 12.7 Å². The quantitative estimate of drug-likeness (QED) is 0.609. The molecule has 0 fully saturated rings. The zero-order valence-electron chi connectivity index (χ0n) is 9.19. The van der Waals surface area contributed by atoms with E-state index >= 15 is 0 Å². The van der Waals surface area contributed by atoms with Gasteiger partial charge >= 0.3 is 0 Å². The molecule has 0 unspecified atom stereocenters. The van der Waals surface area contributed by atoms with Gasteiger partial charge in [0.2, 0.25) is 0 Å². The normalized spacial score (nSPS) is 9.88. The van der Waals surface area contributed by atoms with Crippen molar-refractivity contribution in [3.63, 3.8) is 0 Å². The van der Waals surface area contributed by atoms with Gasteiger partial charge in [0.25, 0.3) is 5.91 Å². The summed E-state index contributed by atoms with van der Waals surface area (Å²) in [6.45, 7) is 1.93. The van der Waals surface area contributed by atoms with Crippen molar-refractivity contribution in [2.24, 2.45) is 0 Å². The number of nitrogens with zero attached hydrogens (tertiary/aromatic N) is 2. The van der Waals surface area contributed by atoms with Crippen LogP contribution < -0.4 is 15.1 Å². The van der Waals surface area contributed by atoms with E-state index in [1.807, 2.05) is 0 Å². The number of aromatic nitrogens is 2. The average Bonchev–Trinajstić information content (AvgIpc) is 2.25. The summed E-state index contributed by atoms with van der Waals surface area (Å²) < 4.78 is 1.47. The van der Waals surface area contributed by atoms with E-state index in [4.69, 9.17) is 0 Å². The highest BCUT2D eigenvalue weighted by molar-refractivity contribution is 5.94. The molecule has 1 rings (SSSR count). The van der Waals surface area contributed by atoms with Crippen molar-refractivity contribution in [1.82, 2.24) is 10.4 Å². The molecule has 0 aromatic carbocycles. The van der Waals surface area contributed by atoms with Crippen LogP contribution in [0.5, 0.6) is 0 Å². The van der Waals surface area contributed by atoms with Crippen molar-refractivity contribution in [3.05, 3.63) is 23.5 Å². The van der Waals surface area contributed by atoms with Gasteiger partial charge in [0.1, 0.15) is 5.69 Å². The molecule has 0 atom stereocenters. The Morgan fingerprint density at radius 2 is 2.25 bits per heavy atom. The van der Waals surface area contributed by atoms with Gasteiger partial charge in [-0.3, -0.25) is 4.79 Å². The minimum Gasteiger partial charge on any atom is -0.550 e. The smallest absolute Gasteiger partial charge is 0.253 e. The summed E-state index contributed by atoms with van der Waals surface area (Å²) >= 11 is 0. The molecule has 0 spiro atoms. The van der Waals surface area contributed by atoms with E-state index < -0.39 is 5.97 Å². The maximum absolute atomic E-state index is 11.3. The fraction of sp³-hybridized carbons (Fsp3) is 0.400. The Kier molecular flexibility index (Phi) is 3.93. The first-order chi connectivity index (χ1) is 7.54. The highest BCUT2D eigenvalue weighted by Gasteiger charge is 2.12. The minimum absolute atomic E-state index is 0.101. The molecular formula is C10H13N3O3. The zero-order valence-corrected chi connectivity index (χ0v) is 9.19. The van der Waals surface area contributed by atoms with E-state index in [0.717, 1.165) is 0 Å². The van der Waals surface area contributed by atoms with Gasteiger partial charge in [-0.2, -0.15) is 0 Å². The first kappa shape index (κ1) is 12.1. The van der Waals surface area contributed by atoms with Gasteiger partial charge in [-0.25, -0.2) is 0 Å². The molecule has 86 valence electrons. The van der Waals surface area contributed by atoms with Crippen LogP contribution >= 0.6 is 0 Å². The van der Waals surface area contributed by atoms with Crippen LogP contribution in [-0.4, -0.2) is 24.0 Å². The lowest BCUT2D eigenvalue weighted by atomic mass is 10.2. The number of aryl methyl sites for hydroxylation is 2. The monoisotopic (exact) mass is 223 g/mol. The molecule has 1 aromatic rings. The van der Waals surface area contributed by atoms with Crippen LogP contribution in [0.15, 0.2) is 12.3 Å². The maximum atomic E-state index is 11.3. The van der Waals surface area contributed by atoms with Crippen molar-refractivity contribution in [3.8, 4) is 0 Å². The number of carbonyl (C=O) groups excluding carboxylic acids is 2. The second-order valence-electron chi connectivity index (χ2n) is 3.28. The third-order valence-electron chi connectivity index (χ3n) is 2.10. The number of rotatable bonds is 4. The molecule has 16 heavy (non-hydrogen) atoms. The van der Waals surface area contributed by atoms with Crippen LogP contribution in [0.1, 0.15) is 22.5 Å². The molecule has 1 aromatic heterocycles. The summed E-state index contributed by atoms with van der Waals surface area (Å²) in [6.07, 6.45) is 1.47. The topological polar surface area (TPSA) is 86.0 Å². The molecule has 0 bridgehead atoms. The van der Waals surface area contributed by atoms with E-state index in [2.05, 4.69) is 10.4 Å². The van der Waals surface area contributed by atoms with Crippen LogP contribution in [0, 0.1) is 6.92 Å². The molecule has 0 aliphatic heterocycles. The van der Waals surface area contributed by atoms with Crippen molar-refractivity contribution in [2.45, 2.75) is 19.9 Å². The number of aliphatic carboxylic acids is 1. The van der Waals surface area contributed by atoms with Crippen LogP contribution in [0.2, 0.25) is 0 Å². The molecular weight excluding hydrogens is 210 g/mol. The molecule has 0 aliphatic carbocycles. The van der Waals surface area contributed by atoms with E-state index in [1.54, 1.807) is 26.2 Å². The molecule has 0 aliphatic rings. The molecule has 6 heteroatoms. The van der Waals surface area contributed by atoms with Crippen LogP contribution in [0.25, 0.3) is 0 Å². The Balaban J connectivity index is 2.82. The largest absolute Gasteiger partial charge is 0.550 e. The van der Waals surface area contributed by atoms with Gasteiger partial charge in [0, 0.05) is 25.5 Å². The van der Waals surface area contributed by atoms with Gasteiger partial charge in [0.05, 0.1) is 5.56 Å². The highest BCUT2D eigenvalue weighted by Crippen LogP contribution is 2.00. The number of nitrogens with one attached hydrogen (secondary N) is 1. The lowest BCUT2D eigenvalue weighted by molar-refractivity contribution is -0.754. The van der Waals surface area contributed by atoms with Gasteiger partial charge in [-0.1, -0.05) is 4.68 Å². The van der Waals surface area contributed by atoms with Crippen molar-refractivity contribution < 1.29 is 19.4 Å². The van der Waals surface area contributed by atoms with Gasteiger partial charge < -0.3 is 15.2 Å². The molecule has 6 nitrogen and oxygen atoms in total. The van der Waals surface area contributed by atoms with E-state index in [9.17, 15) is 14.7 Å². The average molecular weight is 223 g/mol. The molecule has 1 amide bonds. The molecule has 1 N–H and O–H groups in total. The summed E-state index contributed by atoms with van der Waals surface area (Å²) in [5, 5.41) is 16.8. The van der Waals surface area contributed by atoms with E-state index in [0.29, 0.717) is 11.3 Å². The second-order valence-corrected chi connectivity index (χ2v) is 3.28. The predicted octanol–water partition coefficient (Wildman–Crippen LogP) is -1.82. The number of hydrogen-bond donors (Lipinski definition) is 1. The Hall–Kier alpha value is -1.98. The second kappa shape index (κ2) is 5.20. The highest BCUT2D eigenvalue weighted by atomic mass is 16.4. The predicted molar refractivity (Wildman–Crippen MR) is 52.2 cm³/mol. The van der Waals surface area contributed by atoms with Crippen molar-refractivity contribution in [2.75, 3.05) is 7.05 Å². The Bertz CT molecular complexity index is 418. The molecule has 1 heterocycles. The van der Waals surface area contributed by atoms with Crippen molar-refractivity contribution in [1.29, 1.82) is 0 Å². The van der Waals surface area contributed by atoms with E-state index in [1.165, 1.54) is 4.68 Å². The first-order valence-electron chi connectivity index (χ1n) is 4.84. The fourth-order valence-corrected chi connectivity index (χ4v) is 1.27. The molecule has 0 radical (unpaired) electrons. The summed E-state index contributed by atoms with van der Waals surface area (Å²) in [5.74, 6) is -1.33. The Labute approximate surface area is 92.9 Å². The van der Waals surface area contributed by atoms with E-state index in [-0.39, 0.29) is 18.9 Å². The zero-order chi connectivity index (χ0) is 12.1. The SMILES string of the molecule is CNC(=O)c1cc[n+](CCC(=O)[O-])nc1C. The van der Waals surface area contributed by atoms with Crippen LogP contribution in [0.4, 0.5) is 0 Å².